The Kier molecular flexibility index (Phi) is 6.22. The lowest BCUT2D eigenvalue weighted by atomic mass is 9.90. The zero-order valence-corrected chi connectivity index (χ0v) is 15.5. The van der Waals surface area contributed by atoms with E-state index in [2.05, 4.69) is 14.8 Å². The number of allylic oxidation sites excluding steroid dienone is 2. The molecule has 0 fully saturated rings. The summed E-state index contributed by atoms with van der Waals surface area (Å²) in [5.74, 6) is -0.964. The highest BCUT2D eigenvalue weighted by molar-refractivity contribution is 5.64. The second-order valence-electron chi connectivity index (χ2n) is 5.77. The van der Waals surface area contributed by atoms with Crippen LogP contribution in [0.15, 0.2) is 47.2 Å². The maximum absolute atomic E-state index is 12.9. The van der Waals surface area contributed by atoms with Gasteiger partial charge in [0, 0.05) is 0 Å². The van der Waals surface area contributed by atoms with Crippen LogP contribution in [0.4, 0.5) is 22.8 Å². The van der Waals surface area contributed by atoms with E-state index in [1.165, 1.54) is 12.1 Å². The molecule has 0 bridgehead atoms. The topological polar surface area (TPSA) is 83.1 Å². The second-order valence-corrected chi connectivity index (χ2v) is 5.77. The van der Waals surface area contributed by atoms with Gasteiger partial charge in [-0.05, 0) is 31.5 Å². The molecule has 2 rings (SSSR count). The highest BCUT2D eigenvalue weighted by Crippen LogP contribution is 2.40. The molecule has 0 spiro atoms. The molecule has 0 aliphatic carbocycles. The van der Waals surface area contributed by atoms with Gasteiger partial charge in [-0.3, -0.25) is 0 Å². The largest absolute Gasteiger partial charge is 0.513 e. The van der Waals surface area contributed by atoms with E-state index < -0.39 is 30.0 Å². The summed E-state index contributed by atoms with van der Waals surface area (Å²) < 4.78 is 58.0. The van der Waals surface area contributed by atoms with Crippen molar-refractivity contribution in [2.24, 2.45) is 0 Å². The molecule has 1 aromatic rings. The molecule has 1 aromatic carbocycles. The van der Waals surface area contributed by atoms with Crippen LogP contribution in [0.1, 0.15) is 30.9 Å². The first kappa shape index (κ1) is 21.1. The Morgan fingerprint density at radius 3 is 1.68 bits per heavy atom. The number of nitrogens with one attached hydrogen (secondary N) is 1. The minimum Gasteiger partial charge on any atom is -0.437 e. The molecule has 28 heavy (non-hydrogen) atoms. The number of benzene rings is 1. The fraction of sp³-hybridized carbons (Fsp3) is 0.333. The third-order valence-electron chi connectivity index (χ3n) is 3.93. The van der Waals surface area contributed by atoms with Gasteiger partial charge in [-0.25, -0.2) is 9.59 Å². The lowest BCUT2D eigenvalue weighted by molar-refractivity contribution is -0.137. The summed E-state index contributed by atoms with van der Waals surface area (Å²) in [4.78, 5) is 23.3. The Hall–Kier alpha value is -3.17. The highest BCUT2D eigenvalue weighted by Gasteiger charge is 2.36. The monoisotopic (exact) mass is 401 g/mol. The quantitative estimate of drug-likeness (QED) is 0.751. The zero-order valence-electron chi connectivity index (χ0n) is 15.5. The van der Waals surface area contributed by atoms with E-state index in [-0.39, 0.29) is 11.5 Å². The Morgan fingerprint density at radius 2 is 1.32 bits per heavy atom. The molecule has 0 aromatic heterocycles. The number of carbonyl (C=O) groups excluding carboxylic acids is 2. The van der Waals surface area contributed by atoms with E-state index in [1.54, 1.807) is 13.8 Å². The maximum Gasteiger partial charge on any atom is 0.513 e. The van der Waals surface area contributed by atoms with E-state index in [4.69, 9.17) is 9.47 Å². The van der Waals surface area contributed by atoms with Gasteiger partial charge in [0.2, 0.25) is 0 Å². The molecule has 1 aliphatic rings. The molecule has 1 heterocycles. The standard InChI is InChI=1S/C18H18F3NO6/c1-9-14(27-16(23)25-3)13(15(10(2)22-9)28-17(24)26-4)11-5-7-12(8-6-11)18(19,20)21/h5-8,13,22H,1-4H3. The smallest absolute Gasteiger partial charge is 0.437 e. The highest BCUT2D eigenvalue weighted by atomic mass is 19.4. The molecule has 0 atom stereocenters. The molecule has 0 unspecified atom stereocenters. The molecular weight excluding hydrogens is 383 g/mol. The predicted molar refractivity (Wildman–Crippen MR) is 89.7 cm³/mol. The Morgan fingerprint density at radius 1 is 0.893 bits per heavy atom. The van der Waals surface area contributed by atoms with E-state index in [0.717, 1.165) is 26.4 Å². The number of alkyl halides is 3. The average molecular weight is 401 g/mol. The first-order chi connectivity index (χ1) is 13.1. The Balaban J connectivity index is 2.55. The predicted octanol–water partition coefficient (Wildman–Crippen LogP) is 4.42. The summed E-state index contributed by atoms with van der Waals surface area (Å²) in [5, 5.41) is 2.89. The number of carbonyl (C=O) groups is 2. The maximum atomic E-state index is 12.9. The van der Waals surface area contributed by atoms with E-state index in [0.29, 0.717) is 17.0 Å². The van der Waals surface area contributed by atoms with Crippen LogP contribution in [0.3, 0.4) is 0 Å². The summed E-state index contributed by atoms with van der Waals surface area (Å²) >= 11 is 0. The summed E-state index contributed by atoms with van der Waals surface area (Å²) in [7, 11) is 2.21. The number of halogens is 3. The second kappa shape index (κ2) is 8.24. The number of hydrogen-bond donors (Lipinski definition) is 1. The summed E-state index contributed by atoms with van der Waals surface area (Å²) in [5.41, 5.74) is 0.235. The number of ether oxygens (including phenoxy) is 4. The van der Waals surface area contributed by atoms with Crippen LogP contribution >= 0.6 is 0 Å². The first-order valence-electron chi connectivity index (χ1n) is 7.95. The van der Waals surface area contributed by atoms with Gasteiger partial charge in [0.25, 0.3) is 0 Å². The van der Waals surface area contributed by atoms with Crippen LogP contribution in [0.5, 0.6) is 0 Å². The Labute approximate surface area is 158 Å². The van der Waals surface area contributed by atoms with Crippen molar-refractivity contribution in [3.8, 4) is 0 Å². The van der Waals surface area contributed by atoms with Crippen LogP contribution in [0.25, 0.3) is 0 Å². The van der Waals surface area contributed by atoms with Crippen molar-refractivity contribution in [1.29, 1.82) is 0 Å². The van der Waals surface area contributed by atoms with E-state index in [9.17, 15) is 22.8 Å². The van der Waals surface area contributed by atoms with Crippen LogP contribution in [0, 0.1) is 0 Å². The van der Waals surface area contributed by atoms with Gasteiger partial charge in [-0.1, -0.05) is 12.1 Å². The lowest BCUT2D eigenvalue weighted by Crippen LogP contribution is -2.29. The third kappa shape index (κ3) is 4.56. The summed E-state index contributed by atoms with van der Waals surface area (Å²) in [6.07, 6.45) is -6.59. The van der Waals surface area contributed by atoms with Crippen LogP contribution in [-0.2, 0) is 25.1 Å². The molecule has 7 nitrogen and oxygen atoms in total. The Bertz CT molecular complexity index is 787. The van der Waals surface area contributed by atoms with Crippen LogP contribution in [-0.4, -0.2) is 26.5 Å². The number of dihydropyridines is 1. The SMILES string of the molecule is COC(=O)OC1=C(C)NC(C)=C(OC(=O)OC)C1c1ccc(C(F)(F)F)cc1. The number of methoxy groups -OCH3 is 2. The van der Waals surface area contributed by atoms with E-state index in [1.807, 2.05) is 0 Å². The van der Waals surface area contributed by atoms with Gasteiger partial charge in [0.1, 0.15) is 17.4 Å². The van der Waals surface area contributed by atoms with Gasteiger partial charge in [0.15, 0.2) is 0 Å². The molecular formula is C18H18F3NO6. The fourth-order valence-electron chi connectivity index (χ4n) is 2.66. The van der Waals surface area contributed by atoms with Crippen LogP contribution in [0.2, 0.25) is 0 Å². The summed E-state index contributed by atoms with van der Waals surface area (Å²) in [6.45, 7) is 3.18. The van der Waals surface area contributed by atoms with E-state index >= 15 is 0 Å². The van der Waals surface area contributed by atoms with Crippen molar-refractivity contribution in [3.63, 3.8) is 0 Å². The van der Waals surface area contributed by atoms with Gasteiger partial charge >= 0.3 is 18.5 Å². The number of rotatable bonds is 3. The van der Waals surface area contributed by atoms with Gasteiger partial charge in [0.05, 0.1) is 31.2 Å². The third-order valence-corrected chi connectivity index (χ3v) is 3.93. The first-order valence-corrected chi connectivity index (χ1v) is 7.95. The van der Waals surface area contributed by atoms with Crippen molar-refractivity contribution in [2.45, 2.75) is 25.9 Å². The van der Waals surface area contributed by atoms with Crippen molar-refractivity contribution in [3.05, 3.63) is 58.3 Å². The molecule has 0 amide bonds. The molecule has 0 saturated heterocycles. The minimum absolute atomic E-state index is 0.0103. The molecule has 0 radical (unpaired) electrons. The van der Waals surface area contributed by atoms with Crippen molar-refractivity contribution in [2.75, 3.05) is 14.2 Å². The van der Waals surface area contributed by atoms with Gasteiger partial charge in [-0.2, -0.15) is 13.2 Å². The molecule has 0 saturated carbocycles. The van der Waals surface area contributed by atoms with Crippen molar-refractivity contribution in [1.82, 2.24) is 5.32 Å². The molecule has 10 heteroatoms. The van der Waals surface area contributed by atoms with Gasteiger partial charge in [-0.15, -0.1) is 0 Å². The molecule has 152 valence electrons. The van der Waals surface area contributed by atoms with Gasteiger partial charge < -0.3 is 24.3 Å². The summed E-state index contributed by atoms with van der Waals surface area (Å²) in [6, 6.07) is 4.18. The molecule has 1 aliphatic heterocycles. The normalized spacial score (nSPS) is 15.1. The van der Waals surface area contributed by atoms with Crippen molar-refractivity contribution < 1.29 is 41.7 Å². The van der Waals surface area contributed by atoms with Crippen LogP contribution < -0.4 is 5.32 Å². The molecule has 1 N–H and O–H groups in total. The van der Waals surface area contributed by atoms with Crippen molar-refractivity contribution >= 4 is 12.3 Å². The lowest BCUT2D eigenvalue weighted by Gasteiger charge is -2.30. The fourth-order valence-corrected chi connectivity index (χ4v) is 2.66. The number of hydrogen-bond acceptors (Lipinski definition) is 7. The average Bonchev–Trinajstić information content (AvgIpc) is 2.64. The zero-order chi connectivity index (χ0) is 21.1. The minimum atomic E-state index is -4.51.